The van der Waals surface area contributed by atoms with Crippen LogP contribution in [0.1, 0.15) is 24.3 Å². The van der Waals surface area contributed by atoms with E-state index in [2.05, 4.69) is 37.7 Å². The molecule has 5 heteroatoms. The standard InChI is InChI=1S/C11H15N3S2/c1-5(2)15-11-13-9(12)8-6(3)7(4)16-10(8)14-11/h5H,1-4H3,(H2,12,13,14)/p+1. The highest BCUT2D eigenvalue weighted by Gasteiger charge is 2.19. The summed E-state index contributed by atoms with van der Waals surface area (Å²) in [5.74, 6) is 0.638. The van der Waals surface area contributed by atoms with Crippen molar-refractivity contribution in [2.75, 3.05) is 5.73 Å². The number of fused-ring (bicyclic) bond motifs is 1. The summed E-state index contributed by atoms with van der Waals surface area (Å²) in [6.45, 7) is 8.49. The van der Waals surface area contributed by atoms with E-state index in [-0.39, 0.29) is 0 Å². The van der Waals surface area contributed by atoms with Gasteiger partial charge in [0, 0.05) is 10.1 Å². The number of thioether (sulfide) groups is 1. The molecule has 0 bridgehead atoms. The van der Waals surface area contributed by atoms with Crippen molar-refractivity contribution in [3.63, 3.8) is 0 Å². The number of nitrogens with zero attached hydrogens (tertiary/aromatic N) is 1. The molecular weight excluding hydrogens is 238 g/mol. The van der Waals surface area contributed by atoms with Gasteiger partial charge in [0.1, 0.15) is 5.39 Å². The van der Waals surface area contributed by atoms with Crippen LogP contribution in [0.4, 0.5) is 5.82 Å². The first-order valence-electron chi connectivity index (χ1n) is 5.24. The van der Waals surface area contributed by atoms with Crippen molar-refractivity contribution in [2.24, 2.45) is 0 Å². The highest BCUT2D eigenvalue weighted by molar-refractivity contribution is 7.99. The quantitative estimate of drug-likeness (QED) is 0.662. The zero-order valence-electron chi connectivity index (χ0n) is 9.92. The Labute approximate surface area is 103 Å². The van der Waals surface area contributed by atoms with Gasteiger partial charge < -0.3 is 5.73 Å². The Bertz CT molecular complexity index is 531. The molecule has 0 spiro atoms. The van der Waals surface area contributed by atoms with Gasteiger partial charge in [0.15, 0.2) is 4.83 Å². The predicted octanol–water partition coefficient (Wildman–Crippen LogP) is 2.81. The highest BCUT2D eigenvalue weighted by Crippen LogP contribution is 2.31. The van der Waals surface area contributed by atoms with Crippen LogP contribution in [0, 0.1) is 13.8 Å². The highest BCUT2D eigenvalue weighted by atomic mass is 32.2. The molecule has 3 N–H and O–H groups in total. The Balaban J connectivity index is 2.59. The number of aryl methyl sites for hydroxylation is 2. The van der Waals surface area contributed by atoms with Gasteiger partial charge in [-0.15, -0.1) is 0 Å². The Morgan fingerprint density at radius 3 is 2.69 bits per heavy atom. The Morgan fingerprint density at radius 1 is 1.38 bits per heavy atom. The van der Waals surface area contributed by atoms with Crippen molar-refractivity contribution < 1.29 is 4.98 Å². The second-order valence-corrected chi connectivity index (χ2v) is 6.87. The number of nitrogens with two attached hydrogens (primary N) is 1. The largest absolute Gasteiger partial charge is 0.362 e. The smallest absolute Gasteiger partial charge is 0.360 e. The van der Waals surface area contributed by atoms with Crippen LogP contribution >= 0.6 is 23.1 Å². The lowest BCUT2D eigenvalue weighted by molar-refractivity contribution is -0.399. The van der Waals surface area contributed by atoms with Crippen molar-refractivity contribution >= 4 is 39.1 Å². The van der Waals surface area contributed by atoms with E-state index in [1.807, 2.05) is 0 Å². The van der Waals surface area contributed by atoms with Crippen LogP contribution in [0.3, 0.4) is 0 Å². The number of hydrogen-bond acceptors (Lipinski definition) is 4. The summed E-state index contributed by atoms with van der Waals surface area (Å²) < 4.78 is 0. The van der Waals surface area contributed by atoms with E-state index < -0.39 is 0 Å². The monoisotopic (exact) mass is 254 g/mol. The van der Waals surface area contributed by atoms with Gasteiger partial charge in [-0.25, -0.2) is 4.98 Å². The van der Waals surface area contributed by atoms with Crippen molar-refractivity contribution in [3.8, 4) is 0 Å². The molecule has 2 aromatic rings. The van der Waals surface area contributed by atoms with E-state index in [1.54, 1.807) is 23.1 Å². The minimum atomic E-state index is 0.503. The number of hydrogen-bond donors (Lipinski definition) is 1. The fourth-order valence-electron chi connectivity index (χ4n) is 1.59. The van der Waals surface area contributed by atoms with Crippen LogP contribution in [0.2, 0.25) is 0 Å². The maximum absolute atomic E-state index is 6.01. The number of nitrogen functional groups attached to an aromatic ring is 1. The number of aromatic amines is 1. The maximum Gasteiger partial charge on any atom is 0.360 e. The molecule has 0 unspecified atom stereocenters. The molecule has 3 nitrogen and oxygen atoms in total. The zero-order valence-corrected chi connectivity index (χ0v) is 11.6. The average Bonchev–Trinajstić information content (AvgIpc) is 2.41. The number of thiophene rings is 1. The molecule has 0 aliphatic heterocycles. The first-order chi connectivity index (χ1) is 7.49. The SMILES string of the molecule is Cc1sc2[nH+]c(SC(C)C)nc(N)c2c1C. The van der Waals surface area contributed by atoms with Crippen LogP contribution in [0.5, 0.6) is 0 Å². The van der Waals surface area contributed by atoms with Gasteiger partial charge in [-0.3, -0.25) is 0 Å². The zero-order chi connectivity index (χ0) is 11.9. The molecule has 86 valence electrons. The number of nitrogens with one attached hydrogen (secondary N) is 1. The molecule has 0 fully saturated rings. The van der Waals surface area contributed by atoms with Gasteiger partial charge >= 0.3 is 5.16 Å². The lowest BCUT2D eigenvalue weighted by atomic mass is 10.2. The summed E-state index contributed by atoms with van der Waals surface area (Å²) in [6, 6.07) is 0. The Hall–Kier alpha value is -0.810. The first kappa shape index (κ1) is 11.7. The fraction of sp³-hybridized carbons (Fsp3) is 0.455. The van der Waals surface area contributed by atoms with Crippen LogP contribution in [0.25, 0.3) is 10.2 Å². The van der Waals surface area contributed by atoms with Crippen molar-refractivity contribution in [3.05, 3.63) is 10.4 Å². The third-order valence-corrected chi connectivity index (χ3v) is 4.44. The van der Waals surface area contributed by atoms with E-state index in [4.69, 9.17) is 5.73 Å². The van der Waals surface area contributed by atoms with Crippen molar-refractivity contribution in [2.45, 2.75) is 38.1 Å². The molecule has 0 radical (unpaired) electrons. The molecule has 0 atom stereocenters. The van der Waals surface area contributed by atoms with Crippen LogP contribution < -0.4 is 10.7 Å². The molecular formula is C11H16N3S2+. The maximum atomic E-state index is 6.01. The van der Waals surface area contributed by atoms with Gasteiger partial charge in [0.25, 0.3) is 5.82 Å². The minimum Gasteiger partial charge on any atom is -0.362 e. The van der Waals surface area contributed by atoms with E-state index in [0.717, 1.165) is 15.4 Å². The second-order valence-electron chi connectivity index (χ2n) is 4.08. The summed E-state index contributed by atoms with van der Waals surface area (Å²) in [5, 5.41) is 2.49. The van der Waals surface area contributed by atoms with Gasteiger partial charge in [-0.05, 0) is 36.2 Å². The van der Waals surface area contributed by atoms with Crippen molar-refractivity contribution in [1.29, 1.82) is 0 Å². The molecule has 0 saturated heterocycles. The molecule has 0 aliphatic carbocycles. The van der Waals surface area contributed by atoms with Gasteiger partial charge in [0.2, 0.25) is 0 Å². The molecule has 0 amide bonds. The topological polar surface area (TPSA) is 53.0 Å². The third kappa shape index (κ3) is 2.01. The van der Waals surface area contributed by atoms with Gasteiger partial charge in [-0.2, -0.15) is 0 Å². The molecule has 0 aromatic carbocycles. The fourth-order valence-corrected chi connectivity index (χ4v) is 3.48. The molecule has 2 heterocycles. The first-order valence-corrected chi connectivity index (χ1v) is 6.93. The van der Waals surface area contributed by atoms with Crippen molar-refractivity contribution in [1.82, 2.24) is 4.98 Å². The predicted molar refractivity (Wildman–Crippen MR) is 71.1 cm³/mol. The number of H-pyrrole nitrogens is 1. The summed E-state index contributed by atoms with van der Waals surface area (Å²) in [7, 11) is 0. The molecule has 16 heavy (non-hydrogen) atoms. The second kappa shape index (κ2) is 4.22. The summed E-state index contributed by atoms with van der Waals surface area (Å²) in [5.41, 5.74) is 7.25. The molecule has 0 aliphatic rings. The Morgan fingerprint density at radius 2 is 2.06 bits per heavy atom. The summed E-state index contributed by atoms with van der Waals surface area (Å²) >= 11 is 3.45. The minimum absolute atomic E-state index is 0.503. The lowest BCUT2D eigenvalue weighted by Gasteiger charge is -1.98. The molecule has 2 rings (SSSR count). The van der Waals surface area contributed by atoms with E-state index in [9.17, 15) is 0 Å². The number of aromatic nitrogens is 2. The van der Waals surface area contributed by atoms with E-state index >= 15 is 0 Å². The van der Waals surface area contributed by atoms with Crippen LogP contribution in [-0.2, 0) is 0 Å². The lowest BCUT2D eigenvalue weighted by Crippen LogP contribution is -2.12. The van der Waals surface area contributed by atoms with Gasteiger partial charge in [0.05, 0.1) is 0 Å². The van der Waals surface area contributed by atoms with Crippen LogP contribution in [0.15, 0.2) is 5.16 Å². The van der Waals surface area contributed by atoms with Crippen LogP contribution in [-0.4, -0.2) is 10.2 Å². The Kier molecular flexibility index (Phi) is 3.08. The van der Waals surface area contributed by atoms with E-state index in [0.29, 0.717) is 11.1 Å². The summed E-state index contributed by atoms with van der Waals surface area (Å²) in [6.07, 6.45) is 0. The number of rotatable bonds is 2. The molecule has 2 aromatic heterocycles. The molecule has 0 saturated carbocycles. The van der Waals surface area contributed by atoms with E-state index in [1.165, 1.54) is 10.4 Å². The average molecular weight is 254 g/mol. The number of anilines is 1. The normalized spacial score (nSPS) is 11.6. The van der Waals surface area contributed by atoms with Gasteiger partial charge in [-0.1, -0.05) is 25.2 Å². The summed E-state index contributed by atoms with van der Waals surface area (Å²) in [4.78, 5) is 10.2. The third-order valence-electron chi connectivity index (χ3n) is 2.43.